The van der Waals surface area contributed by atoms with E-state index in [1.54, 1.807) is 0 Å². The lowest BCUT2D eigenvalue weighted by atomic mass is 10.1. The Morgan fingerprint density at radius 3 is 2.63 bits per heavy atom. The van der Waals surface area contributed by atoms with Crippen molar-refractivity contribution < 1.29 is 4.79 Å². The maximum atomic E-state index is 12.5. The minimum Gasteiger partial charge on any atom is -0.350 e. The van der Waals surface area contributed by atoms with Gasteiger partial charge < -0.3 is 9.88 Å². The lowest BCUT2D eigenvalue weighted by Gasteiger charge is -2.22. The number of aromatic nitrogens is 1. The van der Waals surface area contributed by atoms with Crippen LogP contribution in [0.25, 0.3) is 10.9 Å². The molecule has 0 fully saturated rings. The van der Waals surface area contributed by atoms with Gasteiger partial charge in [-0.1, -0.05) is 41.9 Å². The van der Waals surface area contributed by atoms with Crippen LogP contribution in [-0.2, 0) is 24.4 Å². The molecule has 0 saturated heterocycles. The fraction of sp³-hybridized carbons (Fsp3) is 0.318. The summed E-state index contributed by atoms with van der Waals surface area (Å²) in [6.45, 7) is 6.03. The number of fused-ring (bicyclic) bond motifs is 1. The third-order valence-electron chi connectivity index (χ3n) is 4.95. The van der Waals surface area contributed by atoms with E-state index in [1.165, 1.54) is 5.56 Å². The van der Waals surface area contributed by atoms with Crippen LogP contribution in [-0.4, -0.2) is 28.5 Å². The van der Waals surface area contributed by atoms with Gasteiger partial charge in [0, 0.05) is 35.9 Å². The normalized spacial score (nSPS) is 11.5. The Kier molecular flexibility index (Phi) is 6.19. The summed E-state index contributed by atoms with van der Waals surface area (Å²) in [4.78, 5) is 14.8. The first kappa shape index (κ1) is 19.5. The van der Waals surface area contributed by atoms with Crippen LogP contribution in [0.1, 0.15) is 25.0 Å². The van der Waals surface area contributed by atoms with E-state index in [0.717, 1.165) is 23.0 Å². The van der Waals surface area contributed by atoms with Crippen LogP contribution in [0, 0.1) is 0 Å². The summed E-state index contributed by atoms with van der Waals surface area (Å²) in [6, 6.07) is 16.5. The highest BCUT2D eigenvalue weighted by atomic mass is 35.5. The molecule has 5 heteroatoms. The molecule has 142 valence electrons. The second-order valence-corrected chi connectivity index (χ2v) is 7.64. The van der Waals surface area contributed by atoms with Crippen molar-refractivity contribution in [3.05, 3.63) is 70.9 Å². The Bertz CT molecular complexity index is 932. The van der Waals surface area contributed by atoms with Crippen molar-refractivity contribution in [1.29, 1.82) is 0 Å². The molecule has 3 aromatic rings. The van der Waals surface area contributed by atoms with E-state index in [-0.39, 0.29) is 12.5 Å². The van der Waals surface area contributed by atoms with Crippen molar-refractivity contribution in [1.82, 2.24) is 14.8 Å². The van der Waals surface area contributed by atoms with Crippen molar-refractivity contribution in [2.75, 3.05) is 7.05 Å². The van der Waals surface area contributed by atoms with Crippen molar-refractivity contribution in [2.45, 2.75) is 39.5 Å². The number of halogens is 1. The van der Waals surface area contributed by atoms with E-state index < -0.39 is 0 Å². The molecule has 0 aliphatic heterocycles. The maximum Gasteiger partial charge on any atom is 0.240 e. The lowest BCUT2D eigenvalue weighted by molar-refractivity contribution is -0.121. The van der Waals surface area contributed by atoms with Gasteiger partial charge in [0.1, 0.15) is 6.54 Å². The number of hydrogen-bond donors (Lipinski definition) is 1. The van der Waals surface area contributed by atoms with Crippen molar-refractivity contribution in [2.24, 2.45) is 0 Å². The zero-order chi connectivity index (χ0) is 19.4. The van der Waals surface area contributed by atoms with E-state index in [0.29, 0.717) is 17.6 Å². The molecule has 1 N–H and O–H groups in total. The van der Waals surface area contributed by atoms with Gasteiger partial charge in [-0.05, 0) is 55.6 Å². The fourth-order valence-electron chi connectivity index (χ4n) is 3.03. The number of carbonyl (C=O) groups excluding carboxylic acids is 1. The molecule has 1 aromatic heterocycles. The minimum absolute atomic E-state index is 0.0144. The van der Waals surface area contributed by atoms with E-state index in [9.17, 15) is 4.79 Å². The molecule has 0 saturated carbocycles. The molecule has 0 aliphatic rings. The van der Waals surface area contributed by atoms with Gasteiger partial charge in [-0.2, -0.15) is 0 Å². The highest BCUT2D eigenvalue weighted by molar-refractivity contribution is 6.31. The van der Waals surface area contributed by atoms with E-state index >= 15 is 0 Å². The first-order chi connectivity index (χ1) is 12.9. The molecule has 3 rings (SSSR count). The molecule has 4 nitrogen and oxygen atoms in total. The highest BCUT2D eigenvalue weighted by Gasteiger charge is 2.10. The van der Waals surface area contributed by atoms with Crippen molar-refractivity contribution >= 4 is 28.4 Å². The molecule has 27 heavy (non-hydrogen) atoms. The van der Waals surface area contributed by atoms with Gasteiger partial charge in [0.15, 0.2) is 0 Å². The fourth-order valence-corrected chi connectivity index (χ4v) is 3.20. The van der Waals surface area contributed by atoms with Crippen LogP contribution in [0.3, 0.4) is 0 Å². The SMILES string of the molecule is CC(C)N(C)Cc1ccccc1CNC(=O)Cn1ccc2ccc(Cl)cc21. The standard InChI is InChI=1S/C22H26ClN3O/c1-16(2)25(3)14-19-7-5-4-6-18(19)13-24-22(27)15-26-11-10-17-8-9-20(23)12-21(17)26/h4-12,16H,13-15H2,1-3H3,(H,24,27). The number of nitrogens with one attached hydrogen (secondary N) is 1. The lowest BCUT2D eigenvalue weighted by Crippen LogP contribution is -2.29. The van der Waals surface area contributed by atoms with E-state index in [1.807, 2.05) is 47.2 Å². The smallest absolute Gasteiger partial charge is 0.240 e. The Morgan fingerprint density at radius 2 is 1.89 bits per heavy atom. The van der Waals surface area contributed by atoms with Crippen LogP contribution in [0.2, 0.25) is 5.02 Å². The van der Waals surface area contributed by atoms with E-state index in [2.05, 4.69) is 43.2 Å². The molecule has 0 atom stereocenters. The summed E-state index contributed by atoms with van der Waals surface area (Å²) in [5.74, 6) is -0.0144. The molecule has 1 amide bonds. The Morgan fingerprint density at radius 1 is 1.15 bits per heavy atom. The summed E-state index contributed by atoms with van der Waals surface area (Å²) in [5, 5.41) is 4.80. The zero-order valence-electron chi connectivity index (χ0n) is 16.1. The average molecular weight is 384 g/mol. The molecule has 0 aliphatic carbocycles. The molecule has 2 aromatic carbocycles. The maximum absolute atomic E-state index is 12.5. The quantitative estimate of drug-likeness (QED) is 0.654. The molecule has 0 radical (unpaired) electrons. The third kappa shape index (κ3) is 4.90. The summed E-state index contributed by atoms with van der Waals surface area (Å²) >= 11 is 6.09. The largest absolute Gasteiger partial charge is 0.350 e. The highest BCUT2D eigenvalue weighted by Crippen LogP contribution is 2.20. The Hall–Kier alpha value is -2.30. The number of carbonyl (C=O) groups is 1. The number of amides is 1. The molecule has 1 heterocycles. The van der Waals surface area contributed by atoms with Crippen molar-refractivity contribution in [3.8, 4) is 0 Å². The zero-order valence-corrected chi connectivity index (χ0v) is 16.8. The summed E-state index contributed by atoms with van der Waals surface area (Å²) in [6.07, 6.45) is 1.92. The molecule has 0 spiro atoms. The minimum atomic E-state index is -0.0144. The molecule has 0 unspecified atom stereocenters. The number of benzene rings is 2. The third-order valence-corrected chi connectivity index (χ3v) is 5.18. The summed E-state index contributed by atoms with van der Waals surface area (Å²) < 4.78 is 1.93. The molecule has 0 bridgehead atoms. The van der Waals surface area contributed by atoms with Crippen LogP contribution >= 0.6 is 11.6 Å². The van der Waals surface area contributed by atoms with Crippen LogP contribution in [0.15, 0.2) is 54.7 Å². The van der Waals surface area contributed by atoms with Gasteiger partial charge in [-0.3, -0.25) is 9.69 Å². The molecular formula is C22H26ClN3O. The first-order valence-electron chi connectivity index (χ1n) is 9.22. The summed E-state index contributed by atoms with van der Waals surface area (Å²) in [5.41, 5.74) is 3.36. The topological polar surface area (TPSA) is 37.3 Å². The predicted molar refractivity (Wildman–Crippen MR) is 112 cm³/mol. The predicted octanol–water partition coefficient (Wildman–Crippen LogP) is 4.45. The number of hydrogen-bond acceptors (Lipinski definition) is 2. The van der Waals surface area contributed by atoms with Crippen LogP contribution in [0.4, 0.5) is 0 Å². The van der Waals surface area contributed by atoms with Gasteiger partial charge in [-0.25, -0.2) is 0 Å². The van der Waals surface area contributed by atoms with Gasteiger partial charge in [0.05, 0.1) is 0 Å². The Balaban J connectivity index is 1.65. The van der Waals surface area contributed by atoms with Crippen LogP contribution < -0.4 is 5.32 Å². The molecular weight excluding hydrogens is 358 g/mol. The van der Waals surface area contributed by atoms with Crippen molar-refractivity contribution in [3.63, 3.8) is 0 Å². The number of rotatable bonds is 7. The second kappa shape index (κ2) is 8.59. The second-order valence-electron chi connectivity index (χ2n) is 7.20. The first-order valence-corrected chi connectivity index (χ1v) is 9.60. The number of nitrogens with zero attached hydrogens (tertiary/aromatic N) is 2. The van der Waals surface area contributed by atoms with Gasteiger partial charge in [-0.15, -0.1) is 0 Å². The average Bonchev–Trinajstić information content (AvgIpc) is 3.02. The monoisotopic (exact) mass is 383 g/mol. The summed E-state index contributed by atoms with van der Waals surface area (Å²) in [7, 11) is 2.11. The van der Waals surface area contributed by atoms with Crippen LogP contribution in [0.5, 0.6) is 0 Å². The van der Waals surface area contributed by atoms with Gasteiger partial charge >= 0.3 is 0 Å². The Labute approximate surface area is 165 Å². The van der Waals surface area contributed by atoms with Gasteiger partial charge in [0.25, 0.3) is 0 Å². The van der Waals surface area contributed by atoms with Gasteiger partial charge in [0.2, 0.25) is 5.91 Å². The van der Waals surface area contributed by atoms with E-state index in [4.69, 9.17) is 11.6 Å².